The SMILES string of the molecule is CCCCCC(C)NC(=NC)NCCc1ncc(C)s1. The van der Waals surface area contributed by atoms with Gasteiger partial charge in [0.1, 0.15) is 0 Å². The van der Waals surface area contributed by atoms with Crippen molar-refractivity contribution in [2.75, 3.05) is 13.6 Å². The van der Waals surface area contributed by atoms with Crippen LogP contribution in [0.2, 0.25) is 0 Å². The minimum Gasteiger partial charge on any atom is -0.356 e. The van der Waals surface area contributed by atoms with Crippen LogP contribution in [0.5, 0.6) is 0 Å². The number of nitrogens with zero attached hydrogens (tertiary/aromatic N) is 2. The zero-order valence-electron chi connectivity index (χ0n) is 13.2. The Kier molecular flexibility index (Phi) is 8.26. The largest absolute Gasteiger partial charge is 0.356 e. The molecule has 0 aliphatic rings. The number of aryl methyl sites for hydroxylation is 1. The average Bonchev–Trinajstić information content (AvgIpc) is 2.83. The van der Waals surface area contributed by atoms with Crippen LogP contribution in [0.15, 0.2) is 11.2 Å². The highest BCUT2D eigenvalue weighted by Gasteiger charge is 2.05. The number of unbranched alkanes of at least 4 members (excludes halogenated alkanes) is 2. The molecule has 1 rings (SSSR count). The molecule has 0 saturated carbocycles. The normalized spacial score (nSPS) is 13.3. The Hall–Kier alpha value is -1.10. The van der Waals surface area contributed by atoms with Crippen molar-refractivity contribution >= 4 is 17.3 Å². The van der Waals surface area contributed by atoms with Crippen molar-refractivity contribution in [1.29, 1.82) is 0 Å². The molecule has 20 heavy (non-hydrogen) atoms. The molecule has 1 heterocycles. The third-order valence-corrected chi connectivity index (χ3v) is 4.12. The Labute approximate surface area is 127 Å². The summed E-state index contributed by atoms with van der Waals surface area (Å²) in [4.78, 5) is 9.91. The van der Waals surface area contributed by atoms with E-state index in [1.54, 1.807) is 11.3 Å². The first-order valence-electron chi connectivity index (χ1n) is 7.54. The van der Waals surface area contributed by atoms with E-state index in [0.29, 0.717) is 6.04 Å². The predicted octanol–water partition coefficient (Wildman–Crippen LogP) is 3.13. The maximum Gasteiger partial charge on any atom is 0.191 e. The van der Waals surface area contributed by atoms with Crippen molar-refractivity contribution in [2.24, 2.45) is 4.99 Å². The predicted molar refractivity (Wildman–Crippen MR) is 88.7 cm³/mol. The second kappa shape index (κ2) is 9.75. The van der Waals surface area contributed by atoms with E-state index in [1.807, 2.05) is 13.2 Å². The Morgan fingerprint density at radius 2 is 2.25 bits per heavy atom. The molecule has 0 aliphatic heterocycles. The van der Waals surface area contributed by atoms with E-state index in [-0.39, 0.29) is 0 Å². The van der Waals surface area contributed by atoms with Gasteiger partial charge in [-0.25, -0.2) is 4.98 Å². The van der Waals surface area contributed by atoms with Crippen LogP contribution in [0.1, 0.15) is 49.4 Å². The molecule has 0 bridgehead atoms. The first-order valence-corrected chi connectivity index (χ1v) is 8.35. The van der Waals surface area contributed by atoms with Gasteiger partial charge in [0, 0.05) is 37.1 Å². The lowest BCUT2D eigenvalue weighted by Crippen LogP contribution is -2.42. The molecule has 1 atom stereocenters. The number of rotatable bonds is 8. The van der Waals surface area contributed by atoms with Gasteiger partial charge in [0.15, 0.2) is 5.96 Å². The van der Waals surface area contributed by atoms with Crippen LogP contribution in [-0.2, 0) is 6.42 Å². The zero-order chi connectivity index (χ0) is 14.8. The molecule has 1 aromatic rings. The molecule has 1 unspecified atom stereocenters. The number of hydrogen-bond donors (Lipinski definition) is 2. The van der Waals surface area contributed by atoms with E-state index in [1.165, 1.54) is 35.6 Å². The van der Waals surface area contributed by atoms with Crippen LogP contribution in [0.3, 0.4) is 0 Å². The van der Waals surface area contributed by atoms with Gasteiger partial charge in [-0.15, -0.1) is 11.3 Å². The lowest BCUT2D eigenvalue weighted by atomic mass is 10.1. The molecule has 5 heteroatoms. The van der Waals surface area contributed by atoms with Crippen LogP contribution >= 0.6 is 11.3 Å². The van der Waals surface area contributed by atoms with Gasteiger partial charge in [-0.05, 0) is 20.3 Å². The summed E-state index contributed by atoms with van der Waals surface area (Å²) in [6.45, 7) is 7.41. The minimum absolute atomic E-state index is 0.467. The molecule has 0 aliphatic carbocycles. The van der Waals surface area contributed by atoms with Gasteiger partial charge in [-0.3, -0.25) is 4.99 Å². The van der Waals surface area contributed by atoms with E-state index in [2.05, 4.69) is 41.4 Å². The van der Waals surface area contributed by atoms with Crippen molar-refractivity contribution in [2.45, 2.75) is 58.9 Å². The minimum atomic E-state index is 0.467. The van der Waals surface area contributed by atoms with Crippen LogP contribution in [-0.4, -0.2) is 30.6 Å². The van der Waals surface area contributed by atoms with E-state index in [4.69, 9.17) is 0 Å². The summed E-state index contributed by atoms with van der Waals surface area (Å²) in [6.07, 6.45) is 7.93. The number of nitrogens with one attached hydrogen (secondary N) is 2. The van der Waals surface area contributed by atoms with Crippen molar-refractivity contribution in [3.05, 3.63) is 16.1 Å². The van der Waals surface area contributed by atoms with Crippen molar-refractivity contribution in [3.63, 3.8) is 0 Å². The van der Waals surface area contributed by atoms with Crippen LogP contribution in [0.4, 0.5) is 0 Å². The second-order valence-corrected chi connectivity index (χ2v) is 6.47. The van der Waals surface area contributed by atoms with E-state index >= 15 is 0 Å². The van der Waals surface area contributed by atoms with E-state index < -0.39 is 0 Å². The topological polar surface area (TPSA) is 49.3 Å². The average molecular weight is 296 g/mol. The van der Waals surface area contributed by atoms with Gasteiger partial charge in [0.2, 0.25) is 0 Å². The fraction of sp³-hybridized carbons (Fsp3) is 0.733. The third kappa shape index (κ3) is 6.89. The van der Waals surface area contributed by atoms with Gasteiger partial charge in [-0.1, -0.05) is 26.2 Å². The second-order valence-electron chi connectivity index (χ2n) is 5.15. The Balaban J connectivity index is 2.22. The molecular weight excluding hydrogens is 268 g/mol. The van der Waals surface area contributed by atoms with E-state index in [9.17, 15) is 0 Å². The fourth-order valence-electron chi connectivity index (χ4n) is 2.01. The molecule has 0 amide bonds. The monoisotopic (exact) mass is 296 g/mol. The molecule has 0 aromatic carbocycles. The lowest BCUT2D eigenvalue weighted by Gasteiger charge is -2.17. The fourth-order valence-corrected chi connectivity index (χ4v) is 2.79. The number of aromatic nitrogens is 1. The van der Waals surface area contributed by atoms with Crippen molar-refractivity contribution in [3.8, 4) is 0 Å². The number of guanidine groups is 1. The Bertz CT molecular complexity index is 400. The first kappa shape index (κ1) is 17.0. The van der Waals surface area contributed by atoms with Crippen molar-refractivity contribution in [1.82, 2.24) is 15.6 Å². The Morgan fingerprint density at radius 3 is 2.85 bits per heavy atom. The molecule has 1 aromatic heterocycles. The van der Waals surface area contributed by atoms with Crippen LogP contribution < -0.4 is 10.6 Å². The van der Waals surface area contributed by atoms with Gasteiger partial charge in [-0.2, -0.15) is 0 Å². The third-order valence-electron chi connectivity index (χ3n) is 3.15. The van der Waals surface area contributed by atoms with Gasteiger partial charge < -0.3 is 10.6 Å². The molecular formula is C15H28N4S. The number of hydrogen-bond acceptors (Lipinski definition) is 3. The summed E-state index contributed by atoms with van der Waals surface area (Å²) in [5.74, 6) is 0.891. The highest BCUT2D eigenvalue weighted by Crippen LogP contribution is 2.10. The number of aliphatic imine (C=N–C) groups is 1. The molecule has 0 spiro atoms. The maximum absolute atomic E-state index is 4.37. The smallest absolute Gasteiger partial charge is 0.191 e. The lowest BCUT2D eigenvalue weighted by molar-refractivity contribution is 0.547. The van der Waals surface area contributed by atoms with Gasteiger partial charge >= 0.3 is 0 Å². The van der Waals surface area contributed by atoms with Gasteiger partial charge in [0.25, 0.3) is 0 Å². The zero-order valence-corrected chi connectivity index (χ0v) is 14.0. The maximum atomic E-state index is 4.37. The molecule has 0 saturated heterocycles. The highest BCUT2D eigenvalue weighted by molar-refractivity contribution is 7.11. The van der Waals surface area contributed by atoms with Gasteiger partial charge in [0.05, 0.1) is 5.01 Å². The number of thiazole rings is 1. The molecule has 4 nitrogen and oxygen atoms in total. The Morgan fingerprint density at radius 1 is 1.45 bits per heavy atom. The summed E-state index contributed by atoms with van der Waals surface area (Å²) >= 11 is 1.76. The first-order chi connectivity index (χ1) is 9.65. The quantitative estimate of drug-likeness (QED) is 0.440. The summed E-state index contributed by atoms with van der Waals surface area (Å²) in [6, 6.07) is 0.467. The molecule has 0 fully saturated rings. The highest BCUT2D eigenvalue weighted by atomic mass is 32.1. The summed E-state index contributed by atoms with van der Waals surface area (Å²) in [5, 5.41) is 7.97. The standard InChI is InChI=1S/C15H28N4S/c1-5-6-7-8-12(2)19-15(16-4)17-10-9-14-18-11-13(3)20-14/h11-12H,5-10H2,1-4H3,(H2,16,17,19). The molecule has 0 radical (unpaired) electrons. The summed E-state index contributed by atoms with van der Waals surface area (Å²) < 4.78 is 0. The van der Waals surface area contributed by atoms with Crippen LogP contribution in [0, 0.1) is 6.92 Å². The van der Waals surface area contributed by atoms with Crippen LogP contribution in [0.25, 0.3) is 0 Å². The summed E-state index contributed by atoms with van der Waals surface area (Å²) in [7, 11) is 1.82. The molecule has 114 valence electrons. The summed E-state index contributed by atoms with van der Waals surface area (Å²) in [5.41, 5.74) is 0. The van der Waals surface area contributed by atoms with Crippen molar-refractivity contribution < 1.29 is 0 Å². The molecule has 2 N–H and O–H groups in total. The van der Waals surface area contributed by atoms with E-state index in [0.717, 1.165) is 18.9 Å².